The summed E-state index contributed by atoms with van der Waals surface area (Å²) in [5, 5.41) is 2.91. The molecule has 0 fully saturated rings. The van der Waals surface area contributed by atoms with Gasteiger partial charge in [0.1, 0.15) is 0 Å². The van der Waals surface area contributed by atoms with E-state index in [-0.39, 0.29) is 17.5 Å². The summed E-state index contributed by atoms with van der Waals surface area (Å²) in [7, 11) is 0. The number of carbonyl (C=O) groups excluding carboxylic acids is 1. The molecule has 2 atom stereocenters. The van der Waals surface area contributed by atoms with Crippen molar-refractivity contribution in [2.75, 3.05) is 13.1 Å². The van der Waals surface area contributed by atoms with Crippen LogP contribution in [0.15, 0.2) is 29.8 Å². The third-order valence-corrected chi connectivity index (χ3v) is 3.54. The zero-order valence-corrected chi connectivity index (χ0v) is 10.9. The van der Waals surface area contributed by atoms with Crippen molar-refractivity contribution in [3.63, 3.8) is 0 Å². The third-order valence-electron chi connectivity index (χ3n) is 3.54. The fraction of sp³-hybridized carbons (Fsp3) is 0.538. The Morgan fingerprint density at radius 2 is 2.35 bits per heavy atom. The van der Waals surface area contributed by atoms with E-state index in [1.165, 1.54) is 6.08 Å². The second-order valence-electron chi connectivity index (χ2n) is 4.58. The maximum atomic E-state index is 11.4. The van der Waals surface area contributed by atoms with Crippen molar-refractivity contribution in [3.05, 3.63) is 24.8 Å². The molecular weight excluding hydrogens is 214 g/mol. The molecule has 1 heterocycles. The van der Waals surface area contributed by atoms with E-state index in [9.17, 15) is 4.79 Å². The first-order valence-electron chi connectivity index (χ1n) is 5.78. The van der Waals surface area contributed by atoms with Gasteiger partial charge >= 0.3 is 0 Å². The zero-order valence-electron chi connectivity index (χ0n) is 10.9. The molecule has 4 nitrogen and oxygen atoms in total. The standard InChI is InChI=1S/C13H21N3O/c1-6-12(17)15-11(4)13(5,10(2)3)16-8-7-14-9-16/h6,9,11H,1-2,7-8H2,3-5H3,(H,15,17). The summed E-state index contributed by atoms with van der Waals surface area (Å²) in [6, 6.07) is -0.0601. The number of aliphatic imine (C=N–C) groups is 1. The third kappa shape index (κ3) is 2.57. The fourth-order valence-corrected chi connectivity index (χ4v) is 2.01. The van der Waals surface area contributed by atoms with Crippen molar-refractivity contribution in [3.8, 4) is 0 Å². The molecule has 1 amide bonds. The van der Waals surface area contributed by atoms with Crippen molar-refractivity contribution >= 4 is 12.2 Å². The molecule has 1 aliphatic rings. The van der Waals surface area contributed by atoms with Crippen LogP contribution in [0.5, 0.6) is 0 Å². The first-order valence-corrected chi connectivity index (χ1v) is 5.78. The van der Waals surface area contributed by atoms with Gasteiger partial charge in [-0.2, -0.15) is 0 Å². The van der Waals surface area contributed by atoms with E-state index in [4.69, 9.17) is 0 Å². The smallest absolute Gasteiger partial charge is 0.243 e. The van der Waals surface area contributed by atoms with Gasteiger partial charge in [0.25, 0.3) is 0 Å². The minimum Gasteiger partial charge on any atom is -0.350 e. The largest absolute Gasteiger partial charge is 0.350 e. The van der Waals surface area contributed by atoms with E-state index in [1.807, 2.05) is 20.2 Å². The van der Waals surface area contributed by atoms with Gasteiger partial charge in [-0.15, -0.1) is 0 Å². The normalized spacial score (nSPS) is 19.6. The van der Waals surface area contributed by atoms with Crippen molar-refractivity contribution in [2.45, 2.75) is 32.4 Å². The Morgan fingerprint density at radius 3 is 2.76 bits per heavy atom. The fourth-order valence-electron chi connectivity index (χ4n) is 2.01. The average Bonchev–Trinajstić information content (AvgIpc) is 2.80. The van der Waals surface area contributed by atoms with Crippen LogP contribution in [-0.2, 0) is 4.79 Å². The lowest BCUT2D eigenvalue weighted by Crippen LogP contribution is -2.59. The van der Waals surface area contributed by atoms with Crippen molar-refractivity contribution < 1.29 is 4.79 Å². The maximum Gasteiger partial charge on any atom is 0.243 e. The highest BCUT2D eigenvalue weighted by molar-refractivity contribution is 5.87. The van der Waals surface area contributed by atoms with Crippen molar-refractivity contribution in [1.29, 1.82) is 0 Å². The molecule has 1 N–H and O–H groups in total. The molecule has 94 valence electrons. The van der Waals surface area contributed by atoms with E-state index in [1.54, 1.807) is 0 Å². The number of rotatable bonds is 5. The van der Waals surface area contributed by atoms with Gasteiger partial charge in [-0.25, -0.2) is 0 Å². The van der Waals surface area contributed by atoms with Gasteiger partial charge in [0, 0.05) is 6.54 Å². The van der Waals surface area contributed by atoms with Gasteiger partial charge in [-0.1, -0.05) is 18.7 Å². The van der Waals surface area contributed by atoms with Crippen LogP contribution in [0.3, 0.4) is 0 Å². The lowest BCUT2D eigenvalue weighted by atomic mass is 9.85. The Labute approximate surface area is 103 Å². The summed E-state index contributed by atoms with van der Waals surface area (Å²) in [5.41, 5.74) is 0.682. The molecule has 0 aromatic rings. The Bertz CT molecular complexity index is 362. The van der Waals surface area contributed by atoms with Crippen LogP contribution in [0, 0.1) is 0 Å². The minimum atomic E-state index is -0.321. The van der Waals surface area contributed by atoms with Crippen LogP contribution in [0.2, 0.25) is 0 Å². The SMILES string of the molecule is C=CC(=O)NC(C)C(C)(C(=C)C)N1C=NCC1. The molecule has 0 saturated heterocycles. The van der Waals surface area contributed by atoms with Crippen molar-refractivity contribution in [2.24, 2.45) is 4.99 Å². The highest BCUT2D eigenvalue weighted by atomic mass is 16.1. The number of hydrogen-bond donors (Lipinski definition) is 1. The number of carbonyl (C=O) groups is 1. The lowest BCUT2D eigenvalue weighted by Gasteiger charge is -2.43. The van der Waals surface area contributed by atoms with E-state index < -0.39 is 0 Å². The van der Waals surface area contributed by atoms with Gasteiger partial charge in [-0.05, 0) is 26.8 Å². The molecule has 0 bridgehead atoms. The Kier molecular flexibility index (Phi) is 4.10. The van der Waals surface area contributed by atoms with Crippen LogP contribution in [0.25, 0.3) is 0 Å². The first kappa shape index (κ1) is 13.5. The van der Waals surface area contributed by atoms with E-state index in [0.29, 0.717) is 0 Å². The van der Waals surface area contributed by atoms with E-state index in [0.717, 1.165) is 18.7 Å². The Morgan fingerprint density at radius 1 is 1.71 bits per heavy atom. The summed E-state index contributed by atoms with van der Waals surface area (Å²) < 4.78 is 0. The molecule has 0 spiro atoms. The number of amides is 1. The summed E-state index contributed by atoms with van der Waals surface area (Å²) in [6.07, 6.45) is 3.12. The molecule has 1 rings (SSSR count). The van der Waals surface area contributed by atoms with Gasteiger partial charge in [0.05, 0.1) is 24.5 Å². The lowest BCUT2D eigenvalue weighted by molar-refractivity contribution is -0.117. The van der Waals surface area contributed by atoms with Gasteiger partial charge in [0.2, 0.25) is 5.91 Å². The zero-order chi connectivity index (χ0) is 13.1. The van der Waals surface area contributed by atoms with Crippen LogP contribution in [0.1, 0.15) is 20.8 Å². The van der Waals surface area contributed by atoms with Crippen LogP contribution in [0.4, 0.5) is 0 Å². The monoisotopic (exact) mass is 235 g/mol. The van der Waals surface area contributed by atoms with E-state index in [2.05, 4.69) is 35.3 Å². The summed E-state index contributed by atoms with van der Waals surface area (Å²) in [6.45, 7) is 15.2. The molecule has 1 aliphatic heterocycles. The molecule has 0 aromatic carbocycles. The van der Waals surface area contributed by atoms with Crippen LogP contribution < -0.4 is 5.32 Å². The molecule has 4 heteroatoms. The Hall–Kier alpha value is -1.58. The predicted molar refractivity (Wildman–Crippen MR) is 71.1 cm³/mol. The summed E-state index contributed by atoms with van der Waals surface area (Å²) >= 11 is 0. The van der Waals surface area contributed by atoms with Gasteiger partial charge < -0.3 is 10.2 Å². The molecule has 0 aliphatic carbocycles. The molecule has 17 heavy (non-hydrogen) atoms. The molecule has 0 radical (unpaired) electrons. The highest BCUT2D eigenvalue weighted by Gasteiger charge is 2.38. The van der Waals surface area contributed by atoms with Crippen LogP contribution in [-0.4, -0.2) is 41.8 Å². The quantitative estimate of drug-likeness (QED) is 0.577. The number of nitrogens with one attached hydrogen (secondary N) is 1. The van der Waals surface area contributed by atoms with Crippen LogP contribution >= 0.6 is 0 Å². The number of nitrogens with zero attached hydrogens (tertiary/aromatic N) is 2. The molecule has 2 unspecified atom stereocenters. The molecule has 0 aromatic heterocycles. The maximum absolute atomic E-state index is 11.4. The topological polar surface area (TPSA) is 44.7 Å². The minimum absolute atomic E-state index is 0.0601. The summed E-state index contributed by atoms with van der Waals surface area (Å²) in [4.78, 5) is 17.7. The van der Waals surface area contributed by atoms with Crippen molar-refractivity contribution in [1.82, 2.24) is 10.2 Å². The molecular formula is C13H21N3O. The Balaban J connectivity index is 2.90. The number of hydrogen-bond acceptors (Lipinski definition) is 3. The predicted octanol–water partition coefficient (Wildman–Crippen LogP) is 1.36. The first-order chi connectivity index (χ1) is 7.92. The molecule has 0 saturated carbocycles. The highest BCUT2D eigenvalue weighted by Crippen LogP contribution is 2.27. The van der Waals surface area contributed by atoms with E-state index >= 15 is 0 Å². The average molecular weight is 235 g/mol. The van der Waals surface area contributed by atoms with Gasteiger partial charge in [0.15, 0.2) is 0 Å². The second-order valence-corrected chi connectivity index (χ2v) is 4.58. The summed E-state index contributed by atoms with van der Waals surface area (Å²) in [5.74, 6) is -0.166. The van der Waals surface area contributed by atoms with Gasteiger partial charge in [-0.3, -0.25) is 9.79 Å². The second kappa shape index (κ2) is 5.17.